The van der Waals surface area contributed by atoms with Gasteiger partial charge < -0.3 is 4.57 Å². The van der Waals surface area contributed by atoms with E-state index in [1.54, 1.807) is 12.1 Å². The Hall–Kier alpha value is -0.910. The average molecular weight is 419 g/mol. The second-order valence-electron chi connectivity index (χ2n) is 4.98. The third-order valence-electron chi connectivity index (χ3n) is 3.41. The minimum absolute atomic E-state index is 0.531. The van der Waals surface area contributed by atoms with E-state index in [1.807, 2.05) is 35.9 Å². The molecule has 0 aliphatic heterocycles. The molecule has 1 aromatic heterocycles. The lowest BCUT2D eigenvalue weighted by atomic mass is 10.2. The Morgan fingerprint density at radius 3 is 2.33 bits per heavy atom. The second-order valence-corrected chi connectivity index (χ2v) is 7.58. The molecule has 0 amide bonds. The van der Waals surface area contributed by atoms with E-state index in [0.29, 0.717) is 31.7 Å². The van der Waals surface area contributed by atoms with E-state index >= 15 is 0 Å². The topological polar surface area (TPSA) is 30.7 Å². The van der Waals surface area contributed by atoms with E-state index < -0.39 is 0 Å². The third-order valence-corrected chi connectivity index (χ3v) is 5.72. The molecule has 0 radical (unpaired) electrons. The summed E-state index contributed by atoms with van der Waals surface area (Å²) < 4.78 is 1.88. The van der Waals surface area contributed by atoms with Crippen LogP contribution < -0.4 is 0 Å². The summed E-state index contributed by atoms with van der Waals surface area (Å²) in [5, 5.41) is 11.6. The molecule has 3 aromatic rings. The maximum Gasteiger partial charge on any atom is 0.191 e. The third kappa shape index (κ3) is 3.68. The van der Waals surface area contributed by atoms with E-state index in [-0.39, 0.29) is 0 Å². The van der Waals surface area contributed by atoms with Gasteiger partial charge in [-0.1, -0.05) is 64.2 Å². The van der Waals surface area contributed by atoms with Crippen molar-refractivity contribution in [2.75, 3.05) is 0 Å². The number of halogens is 4. The van der Waals surface area contributed by atoms with Crippen molar-refractivity contribution < 1.29 is 0 Å². The predicted octanol–water partition coefficient (Wildman–Crippen LogP) is 6.39. The van der Waals surface area contributed by atoms with Gasteiger partial charge in [0.05, 0.1) is 5.02 Å². The highest BCUT2D eigenvalue weighted by Crippen LogP contribution is 2.33. The molecule has 0 aliphatic carbocycles. The molecular formula is C16H11Cl4N3S. The smallest absolute Gasteiger partial charge is 0.191 e. The molecule has 3 rings (SSSR count). The Kier molecular flexibility index (Phi) is 5.63. The minimum Gasteiger partial charge on any atom is -0.305 e. The van der Waals surface area contributed by atoms with Crippen molar-refractivity contribution in [1.82, 2.24) is 14.8 Å². The summed E-state index contributed by atoms with van der Waals surface area (Å²) in [4.78, 5) is 0. The van der Waals surface area contributed by atoms with E-state index in [0.717, 1.165) is 16.3 Å². The van der Waals surface area contributed by atoms with Gasteiger partial charge in [0.15, 0.2) is 11.0 Å². The SMILES string of the molecule is Cn1c(SCc2c(Cl)cccc2Cl)nnc1-c1ccc(Cl)cc1Cl. The largest absolute Gasteiger partial charge is 0.305 e. The van der Waals surface area contributed by atoms with Crippen LogP contribution in [0.3, 0.4) is 0 Å². The van der Waals surface area contributed by atoms with Gasteiger partial charge >= 0.3 is 0 Å². The molecule has 0 aliphatic rings. The van der Waals surface area contributed by atoms with E-state index in [1.165, 1.54) is 11.8 Å². The fourth-order valence-corrected chi connectivity index (χ4v) is 4.30. The molecule has 0 unspecified atom stereocenters. The van der Waals surface area contributed by atoms with Crippen LogP contribution in [0.4, 0.5) is 0 Å². The number of hydrogen-bond donors (Lipinski definition) is 0. The molecule has 0 N–H and O–H groups in total. The highest BCUT2D eigenvalue weighted by atomic mass is 35.5. The first-order valence-electron chi connectivity index (χ1n) is 6.88. The van der Waals surface area contributed by atoms with Crippen molar-refractivity contribution in [1.29, 1.82) is 0 Å². The lowest BCUT2D eigenvalue weighted by molar-refractivity contribution is 0.794. The summed E-state index contributed by atoms with van der Waals surface area (Å²) in [6.07, 6.45) is 0. The fourth-order valence-electron chi connectivity index (χ4n) is 2.15. The van der Waals surface area contributed by atoms with Gasteiger partial charge in [-0.3, -0.25) is 0 Å². The first-order valence-corrected chi connectivity index (χ1v) is 9.37. The van der Waals surface area contributed by atoms with Gasteiger partial charge in [-0.15, -0.1) is 10.2 Å². The van der Waals surface area contributed by atoms with Crippen LogP contribution in [0.1, 0.15) is 5.56 Å². The predicted molar refractivity (Wildman–Crippen MR) is 102 cm³/mol. The van der Waals surface area contributed by atoms with Crippen LogP contribution in [0.25, 0.3) is 11.4 Å². The molecule has 0 fully saturated rings. The number of thioether (sulfide) groups is 1. The molecule has 0 spiro atoms. The molecule has 8 heteroatoms. The van der Waals surface area contributed by atoms with Gasteiger partial charge in [0.25, 0.3) is 0 Å². The van der Waals surface area contributed by atoms with Gasteiger partial charge in [0, 0.05) is 33.4 Å². The Bertz CT molecular complexity index is 875. The number of hydrogen-bond acceptors (Lipinski definition) is 3. The van der Waals surface area contributed by atoms with E-state index in [2.05, 4.69) is 10.2 Å². The lowest BCUT2D eigenvalue weighted by Gasteiger charge is -2.07. The second kappa shape index (κ2) is 7.54. The van der Waals surface area contributed by atoms with E-state index in [4.69, 9.17) is 46.4 Å². The maximum absolute atomic E-state index is 6.25. The summed E-state index contributed by atoms with van der Waals surface area (Å²) in [5.74, 6) is 1.27. The Morgan fingerprint density at radius 2 is 1.67 bits per heavy atom. The number of aromatic nitrogens is 3. The zero-order valence-electron chi connectivity index (χ0n) is 12.4. The van der Waals surface area contributed by atoms with Crippen LogP contribution in [-0.2, 0) is 12.8 Å². The Labute approximate surface area is 163 Å². The van der Waals surface area contributed by atoms with Crippen molar-refractivity contribution in [3.63, 3.8) is 0 Å². The van der Waals surface area contributed by atoms with Crippen molar-refractivity contribution in [2.45, 2.75) is 10.9 Å². The van der Waals surface area contributed by atoms with Gasteiger partial charge in [-0.2, -0.15) is 0 Å². The molecule has 2 aromatic carbocycles. The number of nitrogens with zero attached hydrogens (tertiary/aromatic N) is 3. The highest BCUT2D eigenvalue weighted by Gasteiger charge is 2.15. The van der Waals surface area contributed by atoms with Crippen LogP contribution in [0.2, 0.25) is 20.1 Å². The number of benzene rings is 2. The molecule has 0 atom stereocenters. The van der Waals surface area contributed by atoms with Crippen LogP contribution in [0.5, 0.6) is 0 Å². The van der Waals surface area contributed by atoms with Gasteiger partial charge in [0.1, 0.15) is 0 Å². The van der Waals surface area contributed by atoms with Gasteiger partial charge in [-0.25, -0.2) is 0 Å². The van der Waals surface area contributed by atoms with Crippen molar-refractivity contribution in [2.24, 2.45) is 7.05 Å². The monoisotopic (exact) mass is 417 g/mol. The first-order chi connectivity index (χ1) is 11.5. The summed E-state index contributed by atoms with van der Waals surface area (Å²) >= 11 is 26.1. The molecule has 0 bridgehead atoms. The molecule has 0 saturated heterocycles. The normalized spacial score (nSPS) is 11.0. The van der Waals surface area contributed by atoms with Crippen molar-refractivity contribution in [3.8, 4) is 11.4 Å². The standard InChI is InChI=1S/C16H11Cl4N3S/c1-23-15(10-6-5-9(17)7-14(10)20)21-22-16(23)24-8-11-12(18)3-2-4-13(11)19/h2-7H,8H2,1H3. The van der Waals surface area contributed by atoms with Gasteiger partial charge in [0.2, 0.25) is 0 Å². The highest BCUT2D eigenvalue weighted by molar-refractivity contribution is 7.98. The lowest BCUT2D eigenvalue weighted by Crippen LogP contribution is -1.96. The zero-order valence-corrected chi connectivity index (χ0v) is 16.3. The Balaban J connectivity index is 1.85. The molecule has 1 heterocycles. The molecule has 24 heavy (non-hydrogen) atoms. The number of rotatable bonds is 4. The summed E-state index contributed by atoms with van der Waals surface area (Å²) in [6, 6.07) is 10.7. The Morgan fingerprint density at radius 1 is 0.958 bits per heavy atom. The molecular weight excluding hydrogens is 408 g/mol. The van der Waals surface area contributed by atoms with Crippen LogP contribution in [0, 0.1) is 0 Å². The quantitative estimate of drug-likeness (QED) is 0.460. The summed E-state index contributed by atoms with van der Waals surface area (Å²) in [7, 11) is 1.89. The molecule has 0 saturated carbocycles. The molecule has 3 nitrogen and oxygen atoms in total. The zero-order chi connectivity index (χ0) is 17.3. The van der Waals surface area contributed by atoms with Crippen molar-refractivity contribution in [3.05, 3.63) is 62.1 Å². The van der Waals surface area contributed by atoms with Crippen LogP contribution >= 0.6 is 58.2 Å². The van der Waals surface area contributed by atoms with Crippen LogP contribution in [-0.4, -0.2) is 14.8 Å². The van der Waals surface area contributed by atoms with E-state index in [9.17, 15) is 0 Å². The maximum atomic E-state index is 6.25. The van der Waals surface area contributed by atoms with Crippen molar-refractivity contribution >= 4 is 58.2 Å². The fraction of sp³-hybridized carbons (Fsp3) is 0.125. The molecule has 124 valence electrons. The minimum atomic E-state index is 0.531. The van der Waals surface area contributed by atoms with Gasteiger partial charge in [-0.05, 0) is 35.9 Å². The average Bonchev–Trinajstić information content (AvgIpc) is 2.88. The van der Waals surface area contributed by atoms with Crippen LogP contribution in [0.15, 0.2) is 41.6 Å². The first kappa shape index (κ1) is 17.9. The summed E-state index contributed by atoms with van der Waals surface area (Å²) in [6.45, 7) is 0. The summed E-state index contributed by atoms with van der Waals surface area (Å²) in [5.41, 5.74) is 1.65.